The summed E-state index contributed by atoms with van der Waals surface area (Å²) in [6.07, 6.45) is 6.02. The minimum absolute atomic E-state index is 0.167. The number of ether oxygens (including phenoxy) is 1. The van der Waals surface area contributed by atoms with E-state index < -0.39 is 5.60 Å². The van der Waals surface area contributed by atoms with Crippen LogP contribution in [0.4, 0.5) is 0 Å². The summed E-state index contributed by atoms with van der Waals surface area (Å²) >= 11 is 0. The monoisotopic (exact) mass is 299 g/mol. The predicted molar refractivity (Wildman–Crippen MR) is 86.1 cm³/mol. The number of hydrogen-bond donors (Lipinski definition) is 0. The zero-order valence-corrected chi connectivity index (χ0v) is 14.5. The van der Waals surface area contributed by atoms with E-state index in [1.807, 2.05) is 25.7 Å². The molecule has 21 heavy (non-hydrogen) atoms. The van der Waals surface area contributed by atoms with Crippen molar-refractivity contribution in [2.45, 2.75) is 85.2 Å². The maximum atomic E-state index is 12.2. The van der Waals surface area contributed by atoms with Crippen LogP contribution in [0.25, 0.3) is 0 Å². The molecule has 0 rings (SSSR count). The third-order valence-corrected chi connectivity index (χ3v) is 3.13. The molecule has 1 amide bonds. The van der Waals surface area contributed by atoms with E-state index in [2.05, 4.69) is 13.8 Å². The predicted octanol–water partition coefficient (Wildman–Crippen LogP) is 3.93. The van der Waals surface area contributed by atoms with Gasteiger partial charge in [-0.25, -0.2) is 0 Å². The van der Waals surface area contributed by atoms with Gasteiger partial charge in [-0.1, -0.05) is 33.1 Å². The Labute approximate surface area is 130 Å². The fraction of sp³-hybridized carbons (Fsp3) is 0.882. The Balaban J connectivity index is 4.28. The number of rotatable bonds is 10. The number of amides is 1. The van der Waals surface area contributed by atoms with Gasteiger partial charge >= 0.3 is 5.97 Å². The van der Waals surface area contributed by atoms with Crippen LogP contribution in [0, 0.1) is 0 Å². The maximum Gasteiger partial charge on any atom is 0.308 e. The first-order valence-electron chi connectivity index (χ1n) is 8.29. The SMILES string of the molecule is CCCCCC(=O)N(CCCC)CCC(=O)OC(C)(C)C. The average Bonchev–Trinajstić information content (AvgIpc) is 2.37. The molecule has 4 nitrogen and oxygen atoms in total. The number of carbonyl (C=O) groups is 2. The quantitative estimate of drug-likeness (QED) is 0.453. The van der Waals surface area contributed by atoms with Crippen molar-refractivity contribution in [3.05, 3.63) is 0 Å². The molecule has 0 atom stereocenters. The van der Waals surface area contributed by atoms with Gasteiger partial charge in [0.25, 0.3) is 0 Å². The van der Waals surface area contributed by atoms with Crippen molar-refractivity contribution in [1.29, 1.82) is 0 Å². The highest BCUT2D eigenvalue weighted by Gasteiger charge is 2.19. The molecular formula is C17H33NO3. The molecule has 0 heterocycles. The van der Waals surface area contributed by atoms with Gasteiger partial charge in [0.1, 0.15) is 5.60 Å². The van der Waals surface area contributed by atoms with Crippen LogP contribution in [-0.4, -0.2) is 35.5 Å². The van der Waals surface area contributed by atoms with E-state index in [1.54, 1.807) is 0 Å². The molecular weight excluding hydrogens is 266 g/mol. The molecule has 0 aromatic carbocycles. The molecule has 0 saturated carbocycles. The van der Waals surface area contributed by atoms with Crippen molar-refractivity contribution in [3.8, 4) is 0 Å². The largest absolute Gasteiger partial charge is 0.460 e. The number of carbonyl (C=O) groups excluding carboxylic acids is 2. The van der Waals surface area contributed by atoms with E-state index in [9.17, 15) is 9.59 Å². The molecule has 124 valence electrons. The number of hydrogen-bond acceptors (Lipinski definition) is 3. The summed E-state index contributed by atoms with van der Waals surface area (Å²) in [5, 5.41) is 0. The van der Waals surface area contributed by atoms with Crippen molar-refractivity contribution in [2.24, 2.45) is 0 Å². The molecule has 0 radical (unpaired) electrons. The number of esters is 1. The van der Waals surface area contributed by atoms with Gasteiger partial charge in [-0.3, -0.25) is 9.59 Å². The van der Waals surface area contributed by atoms with E-state index in [-0.39, 0.29) is 18.3 Å². The van der Waals surface area contributed by atoms with Crippen molar-refractivity contribution in [1.82, 2.24) is 4.90 Å². The summed E-state index contributed by atoms with van der Waals surface area (Å²) in [4.78, 5) is 25.8. The summed E-state index contributed by atoms with van der Waals surface area (Å²) in [5.74, 6) is -0.0641. The molecule has 0 bridgehead atoms. The Bertz CT molecular complexity index is 308. The third kappa shape index (κ3) is 11.3. The van der Waals surface area contributed by atoms with Gasteiger partial charge in [-0.15, -0.1) is 0 Å². The summed E-state index contributed by atoms with van der Waals surface area (Å²) in [7, 11) is 0. The summed E-state index contributed by atoms with van der Waals surface area (Å²) in [6, 6.07) is 0. The smallest absolute Gasteiger partial charge is 0.308 e. The van der Waals surface area contributed by atoms with E-state index in [0.29, 0.717) is 13.0 Å². The van der Waals surface area contributed by atoms with E-state index in [4.69, 9.17) is 4.74 Å². The molecule has 0 aliphatic heterocycles. The number of nitrogens with zero attached hydrogens (tertiary/aromatic N) is 1. The van der Waals surface area contributed by atoms with Crippen molar-refractivity contribution < 1.29 is 14.3 Å². The molecule has 0 aromatic heterocycles. The van der Waals surface area contributed by atoms with E-state index in [0.717, 1.165) is 38.6 Å². The van der Waals surface area contributed by atoms with Crippen LogP contribution < -0.4 is 0 Å². The Morgan fingerprint density at radius 1 is 0.905 bits per heavy atom. The van der Waals surface area contributed by atoms with Crippen LogP contribution in [0.5, 0.6) is 0 Å². The highest BCUT2D eigenvalue weighted by atomic mass is 16.6. The Hall–Kier alpha value is -1.06. The maximum absolute atomic E-state index is 12.2. The molecule has 0 N–H and O–H groups in total. The van der Waals surface area contributed by atoms with Gasteiger partial charge in [0.2, 0.25) is 5.91 Å². The Kier molecular flexibility index (Phi) is 10.1. The van der Waals surface area contributed by atoms with Crippen LogP contribution in [0.3, 0.4) is 0 Å². The van der Waals surface area contributed by atoms with Gasteiger partial charge in [0, 0.05) is 19.5 Å². The van der Waals surface area contributed by atoms with Crippen LogP contribution in [0.1, 0.15) is 79.6 Å². The van der Waals surface area contributed by atoms with Gasteiger partial charge in [-0.2, -0.15) is 0 Å². The van der Waals surface area contributed by atoms with Crippen LogP contribution in [-0.2, 0) is 14.3 Å². The van der Waals surface area contributed by atoms with E-state index >= 15 is 0 Å². The molecule has 0 aliphatic carbocycles. The highest BCUT2D eigenvalue weighted by molar-refractivity contribution is 5.77. The molecule has 4 heteroatoms. The first-order chi connectivity index (χ1) is 9.80. The second kappa shape index (κ2) is 10.6. The third-order valence-electron chi connectivity index (χ3n) is 3.13. The Morgan fingerprint density at radius 2 is 1.52 bits per heavy atom. The fourth-order valence-corrected chi connectivity index (χ4v) is 2.01. The molecule has 0 aromatic rings. The second-order valence-electron chi connectivity index (χ2n) is 6.53. The average molecular weight is 299 g/mol. The topological polar surface area (TPSA) is 46.6 Å². The fourth-order valence-electron chi connectivity index (χ4n) is 2.01. The van der Waals surface area contributed by atoms with Crippen LogP contribution in [0.15, 0.2) is 0 Å². The standard InChI is InChI=1S/C17H33NO3/c1-6-8-10-11-15(19)18(13-9-7-2)14-12-16(20)21-17(3,4)5/h6-14H2,1-5H3. The lowest BCUT2D eigenvalue weighted by molar-refractivity contribution is -0.155. The first-order valence-corrected chi connectivity index (χ1v) is 8.29. The second-order valence-corrected chi connectivity index (χ2v) is 6.53. The lowest BCUT2D eigenvalue weighted by Gasteiger charge is -2.24. The molecule has 0 saturated heterocycles. The molecule has 0 unspecified atom stereocenters. The zero-order chi connectivity index (χ0) is 16.3. The molecule has 0 spiro atoms. The Morgan fingerprint density at radius 3 is 2.05 bits per heavy atom. The van der Waals surface area contributed by atoms with Crippen molar-refractivity contribution >= 4 is 11.9 Å². The lowest BCUT2D eigenvalue weighted by Crippen LogP contribution is -2.35. The highest BCUT2D eigenvalue weighted by Crippen LogP contribution is 2.10. The minimum Gasteiger partial charge on any atom is -0.460 e. The first kappa shape index (κ1) is 19.9. The minimum atomic E-state index is -0.462. The normalized spacial score (nSPS) is 11.3. The van der Waals surface area contributed by atoms with Gasteiger partial charge in [-0.05, 0) is 33.6 Å². The summed E-state index contributed by atoms with van der Waals surface area (Å²) < 4.78 is 5.29. The molecule has 0 aliphatic rings. The van der Waals surface area contributed by atoms with Crippen molar-refractivity contribution in [3.63, 3.8) is 0 Å². The van der Waals surface area contributed by atoms with Crippen molar-refractivity contribution in [2.75, 3.05) is 13.1 Å². The van der Waals surface area contributed by atoms with Gasteiger partial charge in [0.05, 0.1) is 6.42 Å². The van der Waals surface area contributed by atoms with Crippen LogP contribution >= 0.6 is 0 Å². The summed E-state index contributed by atoms with van der Waals surface area (Å²) in [5.41, 5.74) is -0.462. The zero-order valence-electron chi connectivity index (χ0n) is 14.5. The van der Waals surface area contributed by atoms with Crippen LogP contribution in [0.2, 0.25) is 0 Å². The summed E-state index contributed by atoms with van der Waals surface area (Å²) in [6.45, 7) is 11.0. The van der Waals surface area contributed by atoms with Gasteiger partial charge in [0.15, 0.2) is 0 Å². The molecule has 0 fully saturated rings. The van der Waals surface area contributed by atoms with E-state index in [1.165, 1.54) is 0 Å². The van der Waals surface area contributed by atoms with Gasteiger partial charge < -0.3 is 9.64 Å². The number of unbranched alkanes of at least 4 members (excludes halogenated alkanes) is 3. The lowest BCUT2D eigenvalue weighted by atomic mass is 10.1.